The highest BCUT2D eigenvalue weighted by molar-refractivity contribution is 5.56. The van der Waals surface area contributed by atoms with Crippen LogP contribution in [0.4, 0.5) is 9.59 Å². The monoisotopic (exact) mass is 238 g/mol. The van der Waals surface area contributed by atoms with Crippen LogP contribution in [0.1, 0.15) is 0 Å². The topological polar surface area (TPSA) is 112 Å². The first kappa shape index (κ1) is 14.5. The van der Waals surface area contributed by atoms with Gasteiger partial charge in [-0.05, 0) is 0 Å². The van der Waals surface area contributed by atoms with Gasteiger partial charge in [-0.3, -0.25) is 0 Å². The van der Waals surface area contributed by atoms with Gasteiger partial charge in [-0.2, -0.15) is 0 Å². The zero-order valence-corrected chi connectivity index (χ0v) is 8.59. The Bertz CT molecular complexity index is 182. The fourth-order valence-corrected chi connectivity index (χ4v) is 0.698. The molecule has 0 amide bonds. The van der Waals surface area contributed by atoms with Crippen LogP contribution in [0.5, 0.6) is 0 Å². The van der Waals surface area contributed by atoms with Crippen molar-refractivity contribution in [3.8, 4) is 0 Å². The summed E-state index contributed by atoms with van der Waals surface area (Å²) >= 11 is 0. The van der Waals surface area contributed by atoms with E-state index in [1.807, 2.05) is 0 Å². The first-order valence-electron chi connectivity index (χ1n) is 4.50. The molecule has 0 aliphatic heterocycles. The van der Waals surface area contributed by atoms with E-state index in [1.54, 1.807) is 0 Å². The van der Waals surface area contributed by atoms with Gasteiger partial charge in [0.25, 0.3) is 0 Å². The summed E-state index contributed by atoms with van der Waals surface area (Å²) in [5.74, 6) is 0. The standard InChI is InChI=1S/C8H14O8/c9-7(10)15-5-3-13-1-2-14-4-6-16-8(11)12/h1-6H2,(H,9,10)(H,11,12). The van der Waals surface area contributed by atoms with Crippen LogP contribution in [0, 0.1) is 0 Å². The molecule has 16 heavy (non-hydrogen) atoms. The first-order valence-corrected chi connectivity index (χ1v) is 4.50. The Labute approximate surface area is 91.7 Å². The van der Waals surface area contributed by atoms with Crippen LogP contribution in [-0.2, 0) is 18.9 Å². The largest absolute Gasteiger partial charge is 0.505 e. The summed E-state index contributed by atoms with van der Waals surface area (Å²) in [4.78, 5) is 19.8. The summed E-state index contributed by atoms with van der Waals surface area (Å²) in [6, 6.07) is 0. The second-order valence-corrected chi connectivity index (χ2v) is 2.45. The van der Waals surface area contributed by atoms with Gasteiger partial charge in [-0.1, -0.05) is 0 Å². The van der Waals surface area contributed by atoms with Crippen LogP contribution in [0.2, 0.25) is 0 Å². The predicted molar refractivity (Wildman–Crippen MR) is 49.6 cm³/mol. The lowest BCUT2D eigenvalue weighted by Gasteiger charge is -2.05. The summed E-state index contributed by atoms with van der Waals surface area (Å²) in [7, 11) is 0. The van der Waals surface area contributed by atoms with Crippen LogP contribution in [0.25, 0.3) is 0 Å². The highest BCUT2D eigenvalue weighted by Gasteiger charge is 1.97. The molecule has 0 fully saturated rings. The van der Waals surface area contributed by atoms with Gasteiger partial charge in [0, 0.05) is 0 Å². The Morgan fingerprint density at radius 3 is 1.31 bits per heavy atom. The summed E-state index contributed by atoms with van der Waals surface area (Å²) in [5, 5.41) is 16.2. The van der Waals surface area contributed by atoms with Gasteiger partial charge in [-0.15, -0.1) is 0 Å². The van der Waals surface area contributed by atoms with Crippen molar-refractivity contribution in [2.75, 3.05) is 39.6 Å². The van der Waals surface area contributed by atoms with E-state index in [4.69, 9.17) is 19.7 Å². The minimum Gasteiger partial charge on any atom is -0.450 e. The average molecular weight is 238 g/mol. The number of hydrogen-bond acceptors (Lipinski definition) is 6. The molecular formula is C8H14O8. The number of ether oxygens (including phenoxy) is 4. The van der Waals surface area contributed by atoms with Gasteiger partial charge in [-0.25, -0.2) is 9.59 Å². The third kappa shape index (κ3) is 12.5. The fourth-order valence-electron chi connectivity index (χ4n) is 0.698. The molecule has 0 aliphatic rings. The molecule has 0 aromatic heterocycles. The van der Waals surface area contributed by atoms with E-state index in [0.29, 0.717) is 0 Å². The molecule has 8 nitrogen and oxygen atoms in total. The summed E-state index contributed by atoms with van der Waals surface area (Å²) in [6.07, 6.45) is -2.68. The predicted octanol–water partition coefficient (Wildman–Crippen LogP) is 0.409. The Kier molecular flexibility index (Phi) is 9.03. The number of carboxylic acid groups (broad SMARTS) is 2. The molecule has 0 rings (SSSR count). The molecule has 0 aromatic carbocycles. The highest BCUT2D eigenvalue weighted by atomic mass is 16.7. The maximum absolute atomic E-state index is 9.90. The van der Waals surface area contributed by atoms with Gasteiger partial charge >= 0.3 is 12.3 Å². The fraction of sp³-hybridized carbons (Fsp3) is 0.750. The smallest absolute Gasteiger partial charge is 0.450 e. The van der Waals surface area contributed by atoms with Crippen molar-refractivity contribution in [1.82, 2.24) is 0 Å². The zero-order chi connectivity index (χ0) is 12.2. The molecule has 0 saturated carbocycles. The van der Waals surface area contributed by atoms with Crippen LogP contribution < -0.4 is 0 Å². The lowest BCUT2D eigenvalue weighted by Crippen LogP contribution is -2.13. The summed E-state index contributed by atoms with van der Waals surface area (Å²) < 4.78 is 18.2. The number of hydrogen-bond donors (Lipinski definition) is 2. The molecule has 0 radical (unpaired) electrons. The lowest BCUT2D eigenvalue weighted by atomic mass is 10.7. The minimum atomic E-state index is -1.34. The second kappa shape index (κ2) is 9.99. The average Bonchev–Trinajstić information content (AvgIpc) is 2.20. The minimum absolute atomic E-state index is 0.0303. The van der Waals surface area contributed by atoms with Crippen LogP contribution in [0.15, 0.2) is 0 Å². The van der Waals surface area contributed by atoms with E-state index in [2.05, 4.69) is 9.47 Å². The molecule has 0 aliphatic carbocycles. The molecule has 0 aromatic rings. The molecule has 0 atom stereocenters. The maximum Gasteiger partial charge on any atom is 0.505 e. The van der Waals surface area contributed by atoms with Crippen LogP contribution in [-0.4, -0.2) is 62.2 Å². The van der Waals surface area contributed by atoms with Crippen LogP contribution in [0.3, 0.4) is 0 Å². The SMILES string of the molecule is O=C(O)OCCOCCOCCOC(=O)O. The summed E-state index contributed by atoms with van der Waals surface area (Å²) in [5.41, 5.74) is 0. The zero-order valence-electron chi connectivity index (χ0n) is 8.59. The Balaban J connectivity index is 2.98. The first-order chi connectivity index (χ1) is 7.63. The van der Waals surface area contributed by atoms with Crippen molar-refractivity contribution in [3.05, 3.63) is 0 Å². The molecule has 0 spiro atoms. The van der Waals surface area contributed by atoms with Crippen molar-refractivity contribution < 1.29 is 38.7 Å². The Morgan fingerprint density at radius 1 is 0.688 bits per heavy atom. The lowest BCUT2D eigenvalue weighted by molar-refractivity contribution is 0.00476. The molecular weight excluding hydrogens is 224 g/mol. The van der Waals surface area contributed by atoms with E-state index < -0.39 is 12.3 Å². The van der Waals surface area contributed by atoms with Crippen molar-refractivity contribution in [3.63, 3.8) is 0 Å². The van der Waals surface area contributed by atoms with E-state index >= 15 is 0 Å². The molecule has 0 bridgehead atoms. The van der Waals surface area contributed by atoms with Crippen molar-refractivity contribution in [2.24, 2.45) is 0 Å². The third-order valence-corrected chi connectivity index (χ3v) is 1.28. The van der Waals surface area contributed by atoms with Gasteiger partial charge < -0.3 is 29.2 Å². The molecule has 2 N–H and O–H groups in total. The van der Waals surface area contributed by atoms with Crippen molar-refractivity contribution in [1.29, 1.82) is 0 Å². The molecule has 0 unspecified atom stereocenters. The van der Waals surface area contributed by atoms with Gasteiger partial charge in [0.05, 0.1) is 26.4 Å². The molecule has 8 heteroatoms. The Morgan fingerprint density at radius 2 is 1.00 bits per heavy atom. The quantitative estimate of drug-likeness (QED) is 0.438. The van der Waals surface area contributed by atoms with Crippen molar-refractivity contribution >= 4 is 12.3 Å². The number of rotatable bonds is 9. The normalized spacial score (nSPS) is 9.75. The number of carbonyl (C=O) groups is 2. The van der Waals surface area contributed by atoms with Crippen LogP contribution >= 0.6 is 0 Å². The van der Waals surface area contributed by atoms with E-state index in [-0.39, 0.29) is 39.6 Å². The van der Waals surface area contributed by atoms with Gasteiger partial charge in [0.2, 0.25) is 0 Å². The van der Waals surface area contributed by atoms with E-state index in [9.17, 15) is 9.59 Å². The molecule has 0 heterocycles. The highest BCUT2D eigenvalue weighted by Crippen LogP contribution is 1.83. The molecule has 94 valence electrons. The third-order valence-electron chi connectivity index (χ3n) is 1.28. The Hall–Kier alpha value is -1.54. The van der Waals surface area contributed by atoms with Gasteiger partial charge in [0.1, 0.15) is 13.2 Å². The second-order valence-electron chi connectivity index (χ2n) is 2.45. The van der Waals surface area contributed by atoms with E-state index in [0.717, 1.165) is 0 Å². The summed E-state index contributed by atoms with van der Waals surface area (Å²) in [6.45, 7) is 0.795. The van der Waals surface area contributed by atoms with E-state index in [1.165, 1.54) is 0 Å². The molecule has 0 saturated heterocycles. The van der Waals surface area contributed by atoms with Gasteiger partial charge in [0.15, 0.2) is 0 Å². The maximum atomic E-state index is 9.90. The van der Waals surface area contributed by atoms with Crippen molar-refractivity contribution in [2.45, 2.75) is 0 Å².